The van der Waals surface area contributed by atoms with Crippen molar-refractivity contribution < 1.29 is 9.90 Å². The van der Waals surface area contributed by atoms with Gasteiger partial charge < -0.3 is 10.4 Å². The molecular weight excluding hydrogens is 286 g/mol. The summed E-state index contributed by atoms with van der Waals surface area (Å²) in [5.74, 6) is -1.06. The number of aromatic nitrogens is 2. The molecule has 0 aliphatic rings. The highest BCUT2D eigenvalue weighted by Crippen LogP contribution is 2.23. The Morgan fingerprint density at radius 3 is 2.65 bits per heavy atom. The van der Waals surface area contributed by atoms with E-state index in [1.807, 2.05) is 24.3 Å². The van der Waals surface area contributed by atoms with Gasteiger partial charge in [0.1, 0.15) is 0 Å². The van der Waals surface area contributed by atoms with Gasteiger partial charge in [-0.05, 0) is 31.2 Å². The van der Waals surface area contributed by atoms with E-state index in [1.54, 1.807) is 6.92 Å². The molecule has 1 heterocycles. The third-order valence-corrected chi connectivity index (χ3v) is 2.79. The molecule has 0 bridgehead atoms. The van der Waals surface area contributed by atoms with Crippen LogP contribution in [0.2, 0.25) is 0 Å². The number of aromatic amines is 1. The summed E-state index contributed by atoms with van der Waals surface area (Å²) >= 11 is 3.34. The van der Waals surface area contributed by atoms with Gasteiger partial charge in [0, 0.05) is 10.2 Å². The molecule has 6 heteroatoms. The van der Waals surface area contributed by atoms with Crippen LogP contribution in [0.15, 0.2) is 28.7 Å². The molecule has 0 unspecified atom stereocenters. The number of hydrogen-bond acceptors (Lipinski definition) is 3. The van der Waals surface area contributed by atoms with Crippen LogP contribution in [-0.4, -0.2) is 21.3 Å². The van der Waals surface area contributed by atoms with Crippen LogP contribution in [0, 0.1) is 6.92 Å². The summed E-state index contributed by atoms with van der Waals surface area (Å²) in [4.78, 5) is 10.9. The number of nitrogens with zero attached hydrogens (tertiary/aromatic N) is 1. The lowest BCUT2D eigenvalue weighted by Crippen LogP contribution is -2.02. The number of anilines is 2. The first-order chi connectivity index (χ1) is 8.08. The molecule has 5 nitrogen and oxygen atoms in total. The molecule has 0 saturated carbocycles. The van der Waals surface area contributed by atoms with Gasteiger partial charge >= 0.3 is 5.97 Å². The first kappa shape index (κ1) is 11.7. The second kappa shape index (κ2) is 4.58. The van der Waals surface area contributed by atoms with Gasteiger partial charge in [-0.25, -0.2) is 4.79 Å². The maximum atomic E-state index is 10.9. The van der Waals surface area contributed by atoms with Gasteiger partial charge in [0.2, 0.25) is 0 Å². The van der Waals surface area contributed by atoms with Gasteiger partial charge in [0.25, 0.3) is 0 Å². The van der Waals surface area contributed by atoms with Gasteiger partial charge in [-0.3, -0.25) is 5.10 Å². The molecule has 1 aromatic heterocycles. The van der Waals surface area contributed by atoms with E-state index in [1.165, 1.54) is 0 Å². The highest BCUT2D eigenvalue weighted by Gasteiger charge is 2.16. The molecule has 0 aliphatic heterocycles. The van der Waals surface area contributed by atoms with Crippen molar-refractivity contribution in [3.63, 3.8) is 0 Å². The van der Waals surface area contributed by atoms with Gasteiger partial charge in [0.05, 0.1) is 11.4 Å². The number of H-pyrrole nitrogens is 1. The Labute approximate surface area is 106 Å². The first-order valence-corrected chi connectivity index (χ1v) is 5.68. The smallest absolute Gasteiger partial charge is 0.358 e. The van der Waals surface area contributed by atoms with Crippen molar-refractivity contribution in [3.8, 4) is 0 Å². The van der Waals surface area contributed by atoms with Crippen molar-refractivity contribution in [1.82, 2.24) is 10.2 Å². The van der Waals surface area contributed by atoms with Gasteiger partial charge in [-0.15, -0.1) is 0 Å². The average molecular weight is 296 g/mol. The molecule has 0 radical (unpaired) electrons. The molecule has 0 saturated heterocycles. The van der Waals surface area contributed by atoms with Crippen LogP contribution in [0.1, 0.15) is 16.2 Å². The van der Waals surface area contributed by atoms with Gasteiger partial charge in [-0.2, -0.15) is 5.10 Å². The zero-order valence-corrected chi connectivity index (χ0v) is 10.6. The van der Waals surface area contributed by atoms with Crippen LogP contribution in [0.3, 0.4) is 0 Å². The Hall–Kier alpha value is -1.82. The van der Waals surface area contributed by atoms with E-state index in [4.69, 9.17) is 5.11 Å². The number of carboxylic acids is 1. The summed E-state index contributed by atoms with van der Waals surface area (Å²) in [6, 6.07) is 7.45. The third kappa shape index (κ3) is 2.47. The summed E-state index contributed by atoms with van der Waals surface area (Å²) in [5.41, 5.74) is 1.97. The first-order valence-electron chi connectivity index (χ1n) is 4.89. The summed E-state index contributed by atoms with van der Waals surface area (Å²) in [6.07, 6.45) is 0. The SMILES string of the molecule is Cc1[nH]nc(C(=O)O)c1Nc1ccc(Br)cc1. The van der Waals surface area contributed by atoms with Crippen LogP contribution in [0.5, 0.6) is 0 Å². The Balaban J connectivity index is 2.32. The number of rotatable bonds is 3. The highest BCUT2D eigenvalue weighted by atomic mass is 79.9. The fourth-order valence-electron chi connectivity index (χ4n) is 1.41. The fraction of sp³-hybridized carbons (Fsp3) is 0.0909. The van der Waals surface area contributed by atoms with Gasteiger partial charge in [0.15, 0.2) is 5.69 Å². The topological polar surface area (TPSA) is 78.0 Å². The standard InChI is InChI=1S/C11H10BrN3O2/c1-6-9(10(11(16)17)15-14-6)13-8-4-2-7(12)3-5-8/h2-5,13H,1H3,(H,14,15)(H,16,17). The largest absolute Gasteiger partial charge is 0.476 e. The zero-order chi connectivity index (χ0) is 12.4. The number of carboxylic acid groups (broad SMARTS) is 1. The molecule has 17 heavy (non-hydrogen) atoms. The number of nitrogens with one attached hydrogen (secondary N) is 2. The molecule has 2 rings (SSSR count). The molecule has 0 fully saturated rings. The Bertz CT molecular complexity index is 548. The molecule has 0 spiro atoms. The van der Waals surface area contributed by atoms with Crippen LogP contribution >= 0.6 is 15.9 Å². The van der Waals surface area contributed by atoms with Gasteiger partial charge in [-0.1, -0.05) is 15.9 Å². The summed E-state index contributed by atoms with van der Waals surface area (Å²) in [7, 11) is 0. The minimum atomic E-state index is -1.06. The Morgan fingerprint density at radius 1 is 1.41 bits per heavy atom. The van der Waals surface area contributed by atoms with E-state index in [2.05, 4.69) is 31.4 Å². The molecule has 2 aromatic rings. The highest BCUT2D eigenvalue weighted by molar-refractivity contribution is 9.10. The summed E-state index contributed by atoms with van der Waals surface area (Å²) in [5, 5.41) is 18.4. The fourth-order valence-corrected chi connectivity index (χ4v) is 1.68. The predicted molar refractivity (Wildman–Crippen MR) is 67.7 cm³/mol. The molecule has 0 aliphatic carbocycles. The van der Waals surface area contributed by atoms with Crippen LogP contribution in [0.4, 0.5) is 11.4 Å². The van der Waals surface area contributed by atoms with Crippen molar-refractivity contribution in [3.05, 3.63) is 40.1 Å². The van der Waals surface area contributed by atoms with E-state index < -0.39 is 5.97 Å². The summed E-state index contributed by atoms with van der Waals surface area (Å²) < 4.78 is 0.963. The van der Waals surface area contributed by atoms with E-state index >= 15 is 0 Å². The predicted octanol–water partition coefficient (Wildman–Crippen LogP) is 2.92. The van der Waals surface area contributed by atoms with Crippen LogP contribution < -0.4 is 5.32 Å². The normalized spacial score (nSPS) is 10.2. The number of halogens is 1. The number of aryl methyl sites for hydroxylation is 1. The van der Waals surface area contributed by atoms with E-state index in [-0.39, 0.29) is 5.69 Å². The van der Waals surface area contributed by atoms with E-state index in [9.17, 15) is 4.79 Å². The Kier molecular flexibility index (Phi) is 3.14. The molecule has 3 N–H and O–H groups in total. The quantitative estimate of drug-likeness (QED) is 0.813. The molecular formula is C11H10BrN3O2. The van der Waals surface area contributed by atoms with Crippen molar-refractivity contribution >= 4 is 33.3 Å². The van der Waals surface area contributed by atoms with Crippen molar-refractivity contribution in [2.24, 2.45) is 0 Å². The van der Waals surface area contributed by atoms with Crippen molar-refractivity contribution in [2.75, 3.05) is 5.32 Å². The van der Waals surface area contributed by atoms with Crippen LogP contribution in [-0.2, 0) is 0 Å². The minimum absolute atomic E-state index is 0.00887. The number of benzene rings is 1. The molecule has 0 amide bonds. The lowest BCUT2D eigenvalue weighted by atomic mass is 10.2. The zero-order valence-electron chi connectivity index (χ0n) is 8.99. The lowest BCUT2D eigenvalue weighted by molar-refractivity contribution is 0.0691. The lowest BCUT2D eigenvalue weighted by Gasteiger charge is -2.06. The Morgan fingerprint density at radius 2 is 2.06 bits per heavy atom. The number of hydrogen-bond donors (Lipinski definition) is 3. The molecule has 0 atom stereocenters. The second-order valence-corrected chi connectivity index (χ2v) is 4.42. The van der Waals surface area contributed by atoms with Crippen molar-refractivity contribution in [1.29, 1.82) is 0 Å². The maximum absolute atomic E-state index is 10.9. The van der Waals surface area contributed by atoms with Crippen molar-refractivity contribution in [2.45, 2.75) is 6.92 Å². The number of carbonyl (C=O) groups is 1. The number of aromatic carboxylic acids is 1. The second-order valence-electron chi connectivity index (χ2n) is 3.51. The van der Waals surface area contributed by atoms with E-state index in [0.717, 1.165) is 10.2 Å². The molecule has 1 aromatic carbocycles. The summed E-state index contributed by atoms with van der Waals surface area (Å²) in [6.45, 7) is 1.76. The maximum Gasteiger partial charge on any atom is 0.358 e. The minimum Gasteiger partial charge on any atom is -0.476 e. The average Bonchev–Trinajstić information content (AvgIpc) is 2.64. The third-order valence-electron chi connectivity index (χ3n) is 2.26. The monoisotopic (exact) mass is 295 g/mol. The van der Waals surface area contributed by atoms with E-state index in [0.29, 0.717) is 11.4 Å². The van der Waals surface area contributed by atoms with Crippen LogP contribution in [0.25, 0.3) is 0 Å². The molecule has 88 valence electrons.